The molecular weight excluding hydrogens is 569 g/mol. The molecular formula is C32H31ClFN7O2. The number of aromatic nitrogens is 3. The van der Waals surface area contributed by atoms with Crippen LogP contribution in [-0.2, 0) is 4.79 Å². The first-order valence-electron chi connectivity index (χ1n) is 13.9. The molecule has 1 unspecified atom stereocenters. The summed E-state index contributed by atoms with van der Waals surface area (Å²) in [4.78, 5) is 39.8. The second-order valence-electron chi connectivity index (χ2n) is 10.9. The zero-order valence-electron chi connectivity index (χ0n) is 24.4. The minimum Gasteiger partial charge on any atom is -0.398 e. The standard InChI is InChI=1S/C32H31ClFN7O2/c1-6-25(42)39-12-13-40(19(5)16-39)30-20-14-22(33)28(26-23(34)8-7-9-24(26)36)38-31(20)41(32(43)21(30)15-35)29-18(4)10-11-37-27(29)17(2)3/h6-11,14,17,19H,1,12-13,16,36H2,2-5H3. The number of nitrogens with zero attached hydrogens (tertiary/aromatic N) is 6. The molecule has 2 N–H and O–H groups in total. The molecule has 4 aromatic rings. The van der Waals surface area contributed by atoms with E-state index in [2.05, 4.69) is 17.6 Å². The van der Waals surface area contributed by atoms with Crippen LogP contribution in [0.1, 0.15) is 43.5 Å². The monoisotopic (exact) mass is 599 g/mol. The fraction of sp³-hybridized carbons (Fsp3) is 0.281. The lowest BCUT2D eigenvalue weighted by molar-refractivity contribution is -0.126. The third kappa shape index (κ3) is 5.00. The van der Waals surface area contributed by atoms with Crippen LogP contribution in [-0.4, -0.2) is 51.0 Å². The summed E-state index contributed by atoms with van der Waals surface area (Å²) in [6, 6.07) is 9.55. The number of amides is 1. The molecule has 0 aliphatic carbocycles. The molecule has 1 atom stereocenters. The summed E-state index contributed by atoms with van der Waals surface area (Å²) >= 11 is 6.81. The van der Waals surface area contributed by atoms with Crippen molar-refractivity contribution in [1.29, 1.82) is 5.26 Å². The van der Waals surface area contributed by atoms with Crippen molar-refractivity contribution in [1.82, 2.24) is 19.4 Å². The molecule has 11 heteroatoms. The SMILES string of the molecule is C=CC(=O)N1CCN(c2c(C#N)c(=O)n(-c3c(C)ccnc3C(C)C)c3nc(-c4c(N)cccc4F)c(Cl)cc23)C(C)C1. The highest BCUT2D eigenvalue weighted by Crippen LogP contribution is 2.40. The van der Waals surface area contributed by atoms with Crippen LogP contribution in [0.15, 0.2) is 54.0 Å². The van der Waals surface area contributed by atoms with Crippen LogP contribution in [0.4, 0.5) is 15.8 Å². The molecule has 0 spiro atoms. The zero-order chi connectivity index (χ0) is 31.2. The fourth-order valence-electron chi connectivity index (χ4n) is 5.74. The van der Waals surface area contributed by atoms with E-state index in [4.69, 9.17) is 22.3 Å². The topological polar surface area (TPSA) is 121 Å². The molecule has 1 saturated heterocycles. The maximum absolute atomic E-state index is 15.2. The minimum absolute atomic E-state index is 0.0104. The van der Waals surface area contributed by atoms with Crippen LogP contribution >= 0.6 is 11.6 Å². The van der Waals surface area contributed by atoms with Crippen LogP contribution in [0.25, 0.3) is 28.0 Å². The van der Waals surface area contributed by atoms with Crippen LogP contribution in [0.2, 0.25) is 5.02 Å². The number of carbonyl (C=O) groups excluding carboxylic acids is 1. The van der Waals surface area contributed by atoms with Crippen molar-refractivity contribution in [3.05, 3.63) is 87.2 Å². The van der Waals surface area contributed by atoms with E-state index in [1.54, 1.807) is 29.3 Å². The lowest BCUT2D eigenvalue weighted by atomic mass is 10.0. The van der Waals surface area contributed by atoms with Crippen molar-refractivity contribution < 1.29 is 9.18 Å². The maximum Gasteiger partial charge on any atom is 0.276 e. The van der Waals surface area contributed by atoms with Gasteiger partial charge >= 0.3 is 0 Å². The van der Waals surface area contributed by atoms with Gasteiger partial charge in [0.15, 0.2) is 0 Å². The Kier molecular flexibility index (Phi) is 7.95. The van der Waals surface area contributed by atoms with Gasteiger partial charge in [0, 0.05) is 42.9 Å². The van der Waals surface area contributed by atoms with Gasteiger partial charge in [-0.25, -0.2) is 9.37 Å². The summed E-state index contributed by atoms with van der Waals surface area (Å²) in [7, 11) is 0. The predicted octanol–water partition coefficient (Wildman–Crippen LogP) is 5.35. The number of benzene rings is 1. The van der Waals surface area contributed by atoms with Crippen LogP contribution in [0.5, 0.6) is 0 Å². The van der Waals surface area contributed by atoms with E-state index in [-0.39, 0.29) is 51.0 Å². The summed E-state index contributed by atoms with van der Waals surface area (Å²) in [6.45, 7) is 12.3. The Bertz CT molecular complexity index is 1880. The lowest BCUT2D eigenvalue weighted by Crippen LogP contribution is -2.54. The van der Waals surface area contributed by atoms with Crippen molar-refractivity contribution in [2.24, 2.45) is 0 Å². The molecule has 43 heavy (non-hydrogen) atoms. The number of nitrogens with two attached hydrogens (primary N) is 1. The molecule has 3 aromatic heterocycles. The van der Waals surface area contributed by atoms with Gasteiger partial charge in [-0.15, -0.1) is 0 Å². The third-order valence-corrected chi connectivity index (χ3v) is 8.08. The Hall–Kier alpha value is -4.75. The first-order chi connectivity index (χ1) is 20.5. The average molecular weight is 600 g/mol. The Balaban J connectivity index is 1.92. The van der Waals surface area contributed by atoms with Gasteiger partial charge in [-0.3, -0.25) is 19.1 Å². The van der Waals surface area contributed by atoms with Gasteiger partial charge in [-0.2, -0.15) is 5.26 Å². The predicted molar refractivity (Wildman–Crippen MR) is 167 cm³/mol. The van der Waals surface area contributed by atoms with E-state index in [1.165, 1.54) is 22.8 Å². The molecule has 220 valence electrons. The number of nitrogen functional groups attached to an aromatic ring is 1. The first kappa shape index (κ1) is 29.7. The van der Waals surface area contributed by atoms with Crippen molar-refractivity contribution in [2.45, 2.75) is 39.7 Å². The molecule has 4 heterocycles. The summed E-state index contributed by atoms with van der Waals surface area (Å²) in [5.74, 6) is -0.891. The average Bonchev–Trinajstić information content (AvgIpc) is 2.97. The number of pyridine rings is 3. The Morgan fingerprint density at radius 3 is 2.65 bits per heavy atom. The number of aryl methyl sites for hydroxylation is 1. The third-order valence-electron chi connectivity index (χ3n) is 7.80. The van der Waals surface area contributed by atoms with Crippen molar-refractivity contribution in [2.75, 3.05) is 30.3 Å². The Morgan fingerprint density at radius 2 is 2.02 bits per heavy atom. The summed E-state index contributed by atoms with van der Waals surface area (Å²) < 4.78 is 16.6. The molecule has 1 aromatic carbocycles. The number of rotatable bonds is 5. The van der Waals surface area contributed by atoms with Gasteiger partial charge in [-0.1, -0.05) is 38.1 Å². The maximum atomic E-state index is 15.2. The van der Waals surface area contributed by atoms with Crippen molar-refractivity contribution in [3.63, 3.8) is 0 Å². The number of piperazine rings is 1. The number of fused-ring (bicyclic) bond motifs is 1. The van der Waals surface area contributed by atoms with E-state index in [1.807, 2.05) is 32.6 Å². The van der Waals surface area contributed by atoms with E-state index in [9.17, 15) is 14.9 Å². The van der Waals surface area contributed by atoms with E-state index < -0.39 is 11.4 Å². The molecule has 5 rings (SSSR count). The zero-order valence-corrected chi connectivity index (χ0v) is 25.1. The van der Waals surface area contributed by atoms with E-state index >= 15 is 4.39 Å². The van der Waals surface area contributed by atoms with E-state index in [0.717, 1.165) is 5.56 Å². The summed E-state index contributed by atoms with van der Waals surface area (Å²) in [6.07, 6.45) is 2.93. The minimum atomic E-state index is -0.617. The van der Waals surface area contributed by atoms with Gasteiger partial charge in [-0.05, 0) is 55.7 Å². The smallest absolute Gasteiger partial charge is 0.276 e. The number of hydrogen-bond donors (Lipinski definition) is 1. The molecule has 1 fully saturated rings. The van der Waals surface area contributed by atoms with Crippen LogP contribution in [0.3, 0.4) is 0 Å². The number of carbonyl (C=O) groups is 1. The summed E-state index contributed by atoms with van der Waals surface area (Å²) in [5.41, 5.74) is 8.10. The lowest BCUT2D eigenvalue weighted by Gasteiger charge is -2.41. The molecule has 9 nitrogen and oxygen atoms in total. The fourth-order valence-corrected chi connectivity index (χ4v) is 5.99. The number of halogens is 2. The van der Waals surface area contributed by atoms with Gasteiger partial charge in [0.2, 0.25) is 5.91 Å². The van der Waals surface area contributed by atoms with Gasteiger partial charge in [0.05, 0.1) is 33.3 Å². The molecule has 1 amide bonds. The molecule has 1 aliphatic heterocycles. The highest BCUT2D eigenvalue weighted by atomic mass is 35.5. The normalized spacial score (nSPS) is 15.2. The summed E-state index contributed by atoms with van der Waals surface area (Å²) in [5, 5.41) is 11.0. The molecule has 0 bridgehead atoms. The number of nitriles is 1. The highest BCUT2D eigenvalue weighted by Gasteiger charge is 2.32. The van der Waals surface area contributed by atoms with Gasteiger partial charge in [0.25, 0.3) is 5.56 Å². The number of hydrogen-bond acceptors (Lipinski definition) is 7. The van der Waals surface area contributed by atoms with Crippen molar-refractivity contribution >= 4 is 39.9 Å². The van der Waals surface area contributed by atoms with Crippen LogP contribution < -0.4 is 16.2 Å². The molecule has 1 aliphatic rings. The largest absolute Gasteiger partial charge is 0.398 e. The number of anilines is 2. The van der Waals surface area contributed by atoms with Crippen LogP contribution in [0, 0.1) is 24.1 Å². The van der Waals surface area contributed by atoms with Gasteiger partial charge in [0.1, 0.15) is 23.1 Å². The highest BCUT2D eigenvalue weighted by molar-refractivity contribution is 6.34. The molecule has 0 radical (unpaired) electrons. The second kappa shape index (κ2) is 11.5. The molecule has 0 saturated carbocycles. The van der Waals surface area contributed by atoms with Crippen molar-refractivity contribution in [3.8, 4) is 23.0 Å². The second-order valence-corrected chi connectivity index (χ2v) is 11.3. The Morgan fingerprint density at radius 1 is 1.28 bits per heavy atom. The van der Waals surface area contributed by atoms with Gasteiger partial charge < -0.3 is 15.5 Å². The first-order valence-corrected chi connectivity index (χ1v) is 14.2. The van der Waals surface area contributed by atoms with E-state index in [0.29, 0.717) is 42.1 Å². The quantitative estimate of drug-likeness (QED) is 0.242. The Labute approximate surface area is 253 Å².